The second-order valence-corrected chi connectivity index (χ2v) is 8.30. The lowest BCUT2D eigenvalue weighted by molar-refractivity contribution is -0.144. The Morgan fingerprint density at radius 1 is 1.29 bits per heavy atom. The van der Waals surface area contributed by atoms with Gasteiger partial charge in [-0.15, -0.1) is 0 Å². The summed E-state index contributed by atoms with van der Waals surface area (Å²) >= 11 is 0. The third-order valence-electron chi connectivity index (χ3n) is 3.67. The molecule has 0 spiro atoms. The quantitative estimate of drug-likeness (QED) is 0.769. The van der Waals surface area contributed by atoms with Gasteiger partial charge in [0.25, 0.3) is 0 Å². The number of sulfone groups is 1. The molecule has 0 aliphatic carbocycles. The number of aliphatic carboxylic acids is 1. The first-order valence-electron chi connectivity index (χ1n) is 7.89. The van der Waals surface area contributed by atoms with Crippen molar-refractivity contribution in [2.75, 3.05) is 6.26 Å². The molecular formula is C17H17F3N2O5S. The van der Waals surface area contributed by atoms with E-state index >= 15 is 0 Å². The predicted molar refractivity (Wildman–Crippen MR) is 93.5 cm³/mol. The second-order valence-electron chi connectivity index (χ2n) is 6.16. The molecule has 11 heteroatoms. The van der Waals surface area contributed by atoms with Crippen LogP contribution < -0.4 is 4.74 Å². The molecule has 28 heavy (non-hydrogen) atoms. The fourth-order valence-electron chi connectivity index (χ4n) is 2.34. The molecule has 1 atom stereocenters. The Balaban J connectivity index is 2.59. The van der Waals surface area contributed by atoms with Gasteiger partial charge < -0.3 is 9.84 Å². The number of benzene rings is 1. The minimum atomic E-state index is -4.63. The minimum Gasteiger partial charge on any atom is -0.479 e. The number of hydrogen-bond donors (Lipinski definition) is 1. The molecule has 0 saturated carbocycles. The van der Waals surface area contributed by atoms with Gasteiger partial charge in [0, 0.05) is 29.3 Å². The van der Waals surface area contributed by atoms with Gasteiger partial charge in [0.05, 0.1) is 5.56 Å². The maximum atomic E-state index is 13.1. The van der Waals surface area contributed by atoms with E-state index in [-0.39, 0.29) is 28.4 Å². The molecule has 0 fully saturated rings. The van der Waals surface area contributed by atoms with Crippen LogP contribution in [0.15, 0.2) is 24.4 Å². The van der Waals surface area contributed by atoms with Gasteiger partial charge in [0.1, 0.15) is 17.3 Å². The molecule has 0 aliphatic rings. The average molecular weight is 418 g/mol. The highest BCUT2D eigenvalue weighted by Gasteiger charge is 2.32. The van der Waals surface area contributed by atoms with Crippen LogP contribution in [0.2, 0.25) is 0 Å². The zero-order chi connectivity index (χ0) is 21.3. The van der Waals surface area contributed by atoms with Gasteiger partial charge >= 0.3 is 12.1 Å². The molecule has 0 amide bonds. The number of nitrogens with zero attached hydrogens (tertiary/aromatic N) is 2. The molecular weight excluding hydrogens is 401 g/mol. The van der Waals surface area contributed by atoms with Crippen molar-refractivity contribution in [2.24, 2.45) is 0 Å². The largest absolute Gasteiger partial charge is 0.479 e. The zero-order valence-corrected chi connectivity index (χ0v) is 15.9. The lowest BCUT2D eigenvalue weighted by atomic mass is 10.0. The van der Waals surface area contributed by atoms with Gasteiger partial charge in [0.15, 0.2) is 15.9 Å². The first-order valence-corrected chi connectivity index (χ1v) is 9.95. The molecule has 1 heterocycles. The van der Waals surface area contributed by atoms with E-state index in [2.05, 4.69) is 9.97 Å². The fourth-order valence-corrected chi connectivity index (χ4v) is 2.95. The number of alkyl halides is 3. The van der Waals surface area contributed by atoms with Crippen molar-refractivity contribution < 1.29 is 36.2 Å². The third kappa shape index (κ3) is 5.41. The van der Waals surface area contributed by atoms with Crippen LogP contribution in [0.25, 0.3) is 11.1 Å². The molecule has 0 saturated heterocycles. The highest BCUT2D eigenvalue weighted by Crippen LogP contribution is 2.38. The third-order valence-corrected chi connectivity index (χ3v) is 4.45. The van der Waals surface area contributed by atoms with E-state index in [1.807, 2.05) is 0 Å². The molecule has 7 nitrogen and oxygen atoms in total. The Labute approximate surface area is 159 Å². The Hall–Kier alpha value is -2.69. The van der Waals surface area contributed by atoms with Crippen molar-refractivity contribution in [3.63, 3.8) is 0 Å². The number of aryl methyl sites for hydroxylation is 1. The number of aromatic nitrogens is 2. The fraction of sp³-hybridized carbons (Fsp3) is 0.353. The van der Waals surface area contributed by atoms with E-state index in [4.69, 9.17) is 9.84 Å². The average Bonchev–Trinajstić information content (AvgIpc) is 2.53. The van der Waals surface area contributed by atoms with Crippen molar-refractivity contribution >= 4 is 15.8 Å². The molecule has 0 bridgehead atoms. The number of carbonyl (C=O) groups is 1. The lowest BCUT2D eigenvalue weighted by Gasteiger charge is -2.17. The van der Waals surface area contributed by atoms with E-state index in [1.54, 1.807) is 0 Å². The van der Waals surface area contributed by atoms with Gasteiger partial charge in [0.2, 0.25) is 0 Å². The summed E-state index contributed by atoms with van der Waals surface area (Å²) in [7, 11) is -3.39. The summed E-state index contributed by atoms with van der Waals surface area (Å²) in [6, 6.07) is 2.62. The molecule has 0 radical (unpaired) electrons. The van der Waals surface area contributed by atoms with Gasteiger partial charge in [-0.25, -0.2) is 23.2 Å². The number of carboxylic acid groups (broad SMARTS) is 1. The van der Waals surface area contributed by atoms with Crippen molar-refractivity contribution in [1.29, 1.82) is 0 Å². The zero-order valence-electron chi connectivity index (χ0n) is 15.1. The molecule has 0 unspecified atom stereocenters. The maximum Gasteiger partial charge on any atom is 0.416 e. The Morgan fingerprint density at radius 3 is 2.43 bits per heavy atom. The normalized spacial score (nSPS) is 13.2. The summed E-state index contributed by atoms with van der Waals surface area (Å²) in [5.41, 5.74) is -0.625. The smallest absolute Gasteiger partial charge is 0.416 e. The van der Waals surface area contributed by atoms with Gasteiger partial charge in [-0.05, 0) is 32.0 Å². The van der Waals surface area contributed by atoms with Crippen LogP contribution in [-0.4, -0.2) is 41.8 Å². The summed E-state index contributed by atoms with van der Waals surface area (Å²) in [5, 5.41) is 9.00. The summed E-state index contributed by atoms with van der Waals surface area (Å²) in [4.78, 5) is 19.0. The van der Waals surface area contributed by atoms with E-state index in [0.29, 0.717) is 0 Å². The first kappa shape index (κ1) is 21.6. The molecule has 0 aliphatic heterocycles. The van der Waals surface area contributed by atoms with Crippen LogP contribution in [0.1, 0.15) is 24.0 Å². The monoisotopic (exact) mass is 418 g/mol. The molecule has 152 valence electrons. The van der Waals surface area contributed by atoms with Gasteiger partial charge in [-0.3, -0.25) is 0 Å². The second kappa shape index (κ2) is 7.74. The summed E-state index contributed by atoms with van der Waals surface area (Å²) in [6.45, 7) is 2.72. The topological polar surface area (TPSA) is 106 Å². The molecule has 2 aromatic rings. The van der Waals surface area contributed by atoms with Gasteiger partial charge in [-0.2, -0.15) is 13.2 Å². The summed E-state index contributed by atoms with van der Waals surface area (Å²) in [5.74, 6) is -1.80. The number of ether oxygens (including phenoxy) is 1. The predicted octanol–water partition coefficient (Wildman–Crippen LogP) is 2.87. The number of rotatable bonds is 6. The Bertz CT molecular complexity index is 1010. The van der Waals surface area contributed by atoms with E-state index in [9.17, 15) is 26.4 Å². The van der Waals surface area contributed by atoms with Crippen LogP contribution in [0, 0.1) is 6.92 Å². The molecule has 1 N–H and O–H groups in total. The van der Waals surface area contributed by atoms with Crippen LogP contribution in [-0.2, 0) is 26.6 Å². The number of halogens is 3. The molecule has 1 aromatic heterocycles. The molecule has 2 rings (SSSR count). The summed E-state index contributed by atoms with van der Waals surface area (Å²) < 4.78 is 67.4. The van der Waals surface area contributed by atoms with Crippen LogP contribution in [0.5, 0.6) is 5.75 Å². The number of carboxylic acids is 1. The standard InChI is InChI=1S/C17H17F3N2O5S/c1-9-13(7-21-15(22-9)8-28(3,25)26)12-6-11(17(18,19)20)4-5-14(12)27-10(2)16(23)24/h4-7,10H,8H2,1-3H3,(H,23,24)/t10-/m0/s1. The molecule has 1 aromatic carbocycles. The van der Waals surface area contributed by atoms with Crippen molar-refractivity contribution in [3.8, 4) is 16.9 Å². The first-order chi connectivity index (χ1) is 12.8. The van der Waals surface area contributed by atoms with Crippen molar-refractivity contribution in [1.82, 2.24) is 9.97 Å². The van der Waals surface area contributed by atoms with E-state index in [1.165, 1.54) is 20.0 Å². The Morgan fingerprint density at radius 2 is 1.93 bits per heavy atom. The lowest BCUT2D eigenvalue weighted by Crippen LogP contribution is -2.23. The van der Waals surface area contributed by atoms with Gasteiger partial charge in [-0.1, -0.05) is 0 Å². The van der Waals surface area contributed by atoms with Crippen molar-refractivity contribution in [2.45, 2.75) is 31.9 Å². The van der Waals surface area contributed by atoms with Crippen LogP contribution in [0.4, 0.5) is 13.2 Å². The Kier molecular flexibility index (Phi) is 5.97. The number of hydrogen-bond acceptors (Lipinski definition) is 6. The van der Waals surface area contributed by atoms with E-state index < -0.39 is 39.4 Å². The van der Waals surface area contributed by atoms with Crippen molar-refractivity contribution in [3.05, 3.63) is 41.5 Å². The SMILES string of the molecule is Cc1nc(CS(C)(=O)=O)ncc1-c1cc(C(F)(F)F)ccc1O[C@@H](C)C(=O)O. The highest BCUT2D eigenvalue weighted by molar-refractivity contribution is 7.89. The summed E-state index contributed by atoms with van der Waals surface area (Å²) in [6.07, 6.45) is -3.74. The van der Waals surface area contributed by atoms with E-state index in [0.717, 1.165) is 24.5 Å². The maximum absolute atomic E-state index is 13.1. The highest BCUT2D eigenvalue weighted by atomic mass is 32.2. The van der Waals surface area contributed by atoms with Crippen LogP contribution >= 0.6 is 0 Å². The minimum absolute atomic E-state index is 0.00269. The van der Waals surface area contributed by atoms with Crippen LogP contribution in [0.3, 0.4) is 0 Å².